The summed E-state index contributed by atoms with van der Waals surface area (Å²) in [7, 11) is 0. The van der Waals surface area contributed by atoms with Gasteiger partial charge in [-0.2, -0.15) is 0 Å². The fourth-order valence-corrected chi connectivity index (χ4v) is 2.40. The van der Waals surface area contributed by atoms with Gasteiger partial charge in [0.2, 0.25) is 0 Å². The van der Waals surface area contributed by atoms with Crippen LogP contribution in [-0.2, 0) is 0 Å². The van der Waals surface area contributed by atoms with Crippen LogP contribution in [0.5, 0.6) is 5.88 Å². The van der Waals surface area contributed by atoms with Gasteiger partial charge < -0.3 is 10.1 Å². The van der Waals surface area contributed by atoms with Gasteiger partial charge >= 0.3 is 0 Å². The summed E-state index contributed by atoms with van der Waals surface area (Å²) >= 11 is 3.43. The third-order valence-electron chi connectivity index (χ3n) is 3.26. The molecular formula is C16H12BrFN2O. The molecule has 0 radical (unpaired) electrons. The monoisotopic (exact) mass is 346 g/mol. The fourth-order valence-electron chi connectivity index (χ4n) is 2.15. The predicted molar refractivity (Wildman–Crippen MR) is 86.1 cm³/mol. The number of hydrogen-bond acceptors (Lipinski definition) is 2. The molecule has 0 aliphatic heterocycles. The smallest absolute Gasteiger partial charge is 0.198 e. The summed E-state index contributed by atoms with van der Waals surface area (Å²) in [4.78, 5) is 7.14. The second kappa shape index (κ2) is 5.33. The van der Waals surface area contributed by atoms with Crippen molar-refractivity contribution in [2.24, 2.45) is 4.99 Å². The molecule has 2 aromatic carbocycles. The molecule has 0 amide bonds. The van der Waals surface area contributed by atoms with Gasteiger partial charge in [0.25, 0.3) is 0 Å². The van der Waals surface area contributed by atoms with Crippen LogP contribution in [0.4, 0.5) is 10.1 Å². The number of aliphatic imine (C=N–C) groups is 1. The van der Waals surface area contributed by atoms with E-state index >= 15 is 0 Å². The molecule has 5 heteroatoms. The van der Waals surface area contributed by atoms with Gasteiger partial charge in [-0.25, -0.2) is 4.39 Å². The van der Waals surface area contributed by atoms with Gasteiger partial charge in [-0.05, 0) is 48.9 Å². The Balaban J connectivity index is 2.04. The van der Waals surface area contributed by atoms with Gasteiger partial charge in [0.05, 0.1) is 11.3 Å². The average molecular weight is 347 g/mol. The molecule has 3 rings (SSSR count). The van der Waals surface area contributed by atoms with Crippen LogP contribution < -0.4 is 0 Å². The lowest BCUT2D eigenvalue weighted by Crippen LogP contribution is -1.81. The lowest BCUT2D eigenvalue weighted by atomic mass is 10.2. The maximum atomic E-state index is 13.3. The Morgan fingerprint density at radius 1 is 1.24 bits per heavy atom. The molecule has 106 valence electrons. The van der Waals surface area contributed by atoms with Crippen LogP contribution in [0.15, 0.2) is 45.9 Å². The van der Waals surface area contributed by atoms with Gasteiger partial charge in [-0.15, -0.1) is 0 Å². The number of benzene rings is 2. The molecule has 0 spiro atoms. The second-order valence-corrected chi connectivity index (χ2v) is 5.62. The molecule has 21 heavy (non-hydrogen) atoms. The number of halogens is 2. The number of H-pyrrole nitrogens is 1. The van der Waals surface area contributed by atoms with E-state index in [1.807, 2.05) is 25.1 Å². The first-order valence-electron chi connectivity index (χ1n) is 6.35. The van der Waals surface area contributed by atoms with Crippen molar-refractivity contribution in [1.29, 1.82) is 0 Å². The van der Waals surface area contributed by atoms with E-state index in [0.29, 0.717) is 16.5 Å². The topological polar surface area (TPSA) is 48.4 Å². The van der Waals surface area contributed by atoms with Crippen LogP contribution in [0.1, 0.15) is 11.1 Å². The molecule has 2 N–H and O–H groups in total. The van der Waals surface area contributed by atoms with E-state index in [9.17, 15) is 9.50 Å². The molecule has 0 atom stereocenters. The highest BCUT2D eigenvalue weighted by atomic mass is 79.9. The predicted octanol–water partition coefficient (Wildman–Crippen LogP) is 4.83. The van der Waals surface area contributed by atoms with E-state index in [1.165, 1.54) is 18.3 Å². The Hall–Kier alpha value is -2.14. The molecule has 0 saturated heterocycles. The van der Waals surface area contributed by atoms with Crippen molar-refractivity contribution in [3.05, 3.63) is 57.8 Å². The molecule has 0 bridgehead atoms. The van der Waals surface area contributed by atoms with Crippen LogP contribution in [-0.4, -0.2) is 16.3 Å². The third kappa shape index (κ3) is 2.69. The first-order chi connectivity index (χ1) is 10.0. The zero-order chi connectivity index (χ0) is 15.0. The van der Waals surface area contributed by atoms with Crippen LogP contribution >= 0.6 is 15.9 Å². The molecule has 3 nitrogen and oxygen atoms in total. The van der Waals surface area contributed by atoms with Crippen molar-refractivity contribution in [3.63, 3.8) is 0 Å². The molecule has 1 heterocycles. The largest absolute Gasteiger partial charge is 0.494 e. The van der Waals surface area contributed by atoms with Crippen LogP contribution in [0.3, 0.4) is 0 Å². The van der Waals surface area contributed by atoms with Crippen LogP contribution in [0, 0.1) is 12.7 Å². The van der Waals surface area contributed by atoms with Crippen molar-refractivity contribution in [3.8, 4) is 5.88 Å². The Morgan fingerprint density at radius 3 is 2.81 bits per heavy atom. The number of nitrogens with zero attached hydrogens (tertiary/aromatic N) is 1. The quantitative estimate of drug-likeness (QED) is 0.641. The number of fused-ring (bicyclic) bond motifs is 1. The molecule has 3 aromatic rings. The lowest BCUT2D eigenvalue weighted by Gasteiger charge is -1.99. The van der Waals surface area contributed by atoms with Gasteiger partial charge in [0.1, 0.15) is 5.82 Å². The zero-order valence-electron chi connectivity index (χ0n) is 11.2. The number of aromatic nitrogens is 1. The summed E-state index contributed by atoms with van der Waals surface area (Å²) < 4.78 is 14.4. The number of aromatic amines is 1. The summed E-state index contributed by atoms with van der Waals surface area (Å²) in [6, 6.07) is 10.0. The standard InChI is InChI=1S/C16H12BrFN2O/c1-9-6-11(3-4-14(9)17)19-8-13-12-7-10(18)2-5-15(12)20-16(13)21/h2-8,20-21H,1H3. The molecule has 0 saturated carbocycles. The fraction of sp³-hybridized carbons (Fsp3) is 0.0625. The highest BCUT2D eigenvalue weighted by molar-refractivity contribution is 9.10. The minimum atomic E-state index is -0.351. The van der Waals surface area contributed by atoms with Gasteiger partial charge in [-0.3, -0.25) is 4.99 Å². The van der Waals surface area contributed by atoms with Crippen LogP contribution in [0.2, 0.25) is 0 Å². The van der Waals surface area contributed by atoms with E-state index in [1.54, 1.807) is 6.07 Å². The normalized spacial score (nSPS) is 11.6. The minimum absolute atomic E-state index is 0.0202. The summed E-state index contributed by atoms with van der Waals surface area (Å²) in [6.45, 7) is 1.97. The molecular weight excluding hydrogens is 335 g/mol. The SMILES string of the molecule is Cc1cc(N=Cc2c(O)[nH]c3ccc(F)cc23)ccc1Br. The second-order valence-electron chi connectivity index (χ2n) is 4.77. The van der Waals surface area contributed by atoms with E-state index < -0.39 is 0 Å². The molecule has 0 unspecified atom stereocenters. The highest BCUT2D eigenvalue weighted by Crippen LogP contribution is 2.27. The maximum Gasteiger partial charge on any atom is 0.198 e. The van der Waals surface area contributed by atoms with Crippen molar-refractivity contribution in [1.82, 2.24) is 4.98 Å². The number of aromatic hydroxyl groups is 1. The number of hydrogen-bond donors (Lipinski definition) is 2. The Labute approximate surface area is 129 Å². The minimum Gasteiger partial charge on any atom is -0.494 e. The maximum absolute atomic E-state index is 13.3. The highest BCUT2D eigenvalue weighted by Gasteiger charge is 2.09. The first-order valence-corrected chi connectivity index (χ1v) is 7.14. The van der Waals surface area contributed by atoms with Gasteiger partial charge in [0.15, 0.2) is 5.88 Å². The summed E-state index contributed by atoms with van der Waals surface area (Å²) in [6.07, 6.45) is 1.54. The first kappa shape index (κ1) is 13.8. The number of aryl methyl sites for hydroxylation is 1. The van der Waals surface area contributed by atoms with E-state index in [-0.39, 0.29) is 11.7 Å². The summed E-state index contributed by atoms with van der Waals surface area (Å²) in [5, 5.41) is 10.5. The third-order valence-corrected chi connectivity index (χ3v) is 4.15. The lowest BCUT2D eigenvalue weighted by molar-refractivity contribution is 0.457. The Morgan fingerprint density at radius 2 is 2.05 bits per heavy atom. The summed E-state index contributed by atoms with van der Waals surface area (Å²) in [5.74, 6) is -0.371. The van der Waals surface area contributed by atoms with Crippen LogP contribution in [0.25, 0.3) is 10.9 Å². The van der Waals surface area contributed by atoms with Crippen molar-refractivity contribution < 1.29 is 9.50 Å². The Bertz CT molecular complexity index is 855. The Kier molecular flexibility index (Phi) is 3.51. The van der Waals surface area contributed by atoms with Gasteiger partial charge in [0, 0.05) is 21.6 Å². The number of nitrogens with one attached hydrogen (secondary N) is 1. The van der Waals surface area contributed by atoms with Crippen molar-refractivity contribution in [2.45, 2.75) is 6.92 Å². The molecule has 1 aromatic heterocycles. The van der Waals surface area contributed by atoms with E-state index in [0.717, 1.165) is 15.7 Å². The van der Waals surface area contributed by atoms with E-state index in [4.69, 9.17) is 0 Å². The van der Waals surface area contributed by atoms with E-state index in [2.05, 4.69) is 25.9 Å². The molecule has 0 fully saturated rings. The van der Waals surface area contributed by atoms with Gasteiger partial charge in [-0.1, -0.05) is 15.9 Å². The molecule has 0 aliphatic rings. The van der Waals surface area contributed by atoms with Crippen molar-refractivity contribution >= 4 is 38.7 Å². The number of rotatable bonds is 2. The average Bonchev–Trinajstić information content (AvgIpc) is 2.75. The van der Waals surface area contributed by atoms with Crippen molar-refractivity contribution in [2.75, 3.05) is 0 Å². The summed E-state index contributed by atoms with van der Waals surface area (Å²) in [5.41, 5.74) is 2.98. The zero-order valence-corrected chi connectivity index (χ0v) is 12.8. The molecule has 0 aliphatic carbocycles.